The Morgan fingerprint density at radius 1 is 1.19 bits per heavy atom. The van der Waals surface area contributed by atoms with Crippen molar-refractivity contribution in [3.8, 4) is 5.95 Å². The van der Waals surface area contributed by atoms with Crippen LogP contribution in [0, 0.1) is 6.57 Å². The van der Waals surface area contributed by atoms with E-state index in [0.29, 0.717) is 36.0 Å². The Bertz CT molecular complexity index is 1400. The molecule has 0 radical (unpaired) electrons. The molecule has 2 saturated heterocycles. The van der Waals surface area contributed by atoms with Gasteiger partial charge in [0.05, 0.1) is 17.6 Å². The van der Waals surface area contributed by atoms with Gasteiger partial charge in [0.15, 0.2) is 17.2 Å². The first-order valence-electron chi connectivity index (χ1n) is 10.4. The van der Waals surface area contributed by atoms with Gasteiger partial charge in [0.2, 0.25) is 5.95 Å². The van der Waals surface area contributed by atoms with Crippen LogP contribution in [-0.2, 0) is 4.74 Å². The fourth-order valence-electron chi connectivity index (χ4n) is 4.35. The van der Waals surface area contributed by atoms with E-state index in [0.717, 1.165) is 49.2 Å². The Morgan fingerprint density at radius 3 is 2.77 bits per heavy atom. The number of ether oxygens (including phenoxy) is 1. The number of hydrogen-bond donors (Lipinski definition) is 1. The van der Waals surface area contributed by atoms with Gasteiger partial charge < -0.3 is 14.6 Å². The second-order valence-electron chi connectivity index (χ2n) is 7.93. The Balaban J connectivity index is 1.60. The van der Waals surface area contributed by atoms with Crippen LogP contribution in [0.2, 0.25) is 0 Å². The largest absolute Gasteiger partial charge is 0.381 e. The van der Waals surface area contributed by atoms with E-state index in [1.807, 2.05) is 6.07 Å². The number of imidazole rings is 2. The predicted molar refractivity (Wildman–Crippen MR) is 115 cm³/mol. The van der Waals surface area contributed by atoms with E-state index in [1.54, 1.807) is 27.6 Å². The summed E-state index contributed by atoms with van der Waals surface area (Å²) >= 11 is 0. The lowest BCUT2D eigenvalue weighted by atomic mass is 10.1. The molecule has 2 aliphatic heterocycles. The van der Waals surface area contributed by atoms with Crippen molar-refractivity contribution in [1.29, 1.82) is 0 Å². The minimum Gasteiger partial charge on any atom is -0.381 e. The molecular formula is C21H20N8O2. The molecule has 6 rings (SSSR count). The lowest BCUT2D eigenvalue weighted by Crippen LogP contribution is -2.38. The second kappa shape index (κ2) is 6.92. The predicted octanol–water partition coefficient (Wildman–Crippen LogP) is 2.57. The van der Waals surface area contributed by atoms with E-state index < -0.39 is 0 Å². The van der Waals surface area contributed by atoms with Gasteiger partial charge >= 0.3 is 5.69 Å². The highest BCUT2D eigenvalue weighted by atomic mass is 16.5. The maximum atomic E-state index is 12.9. The van der Waals surface area contributed by atoms with Gasteiger partial charge in [0.1, 0.15) is 11.8 Å². The van der Waals surface area contributed by atoms with Gasteiger partial charge in [0.25, 0.3) is 0 Å². The van der Waals surface area contributed by atoms with E-state index in [1.165, 1.54) is 0 Å². The van der Waals surface area contributed by atoms with E-state index in [9.17, 15) is 4.79 Å². The summed E-state index contributed by atoms with van der Waals surface area (Å²) in [4.78, 5) is 35.7. The van der Waals surface area contributed by atoms with Gasteiger partial charge in [-0.3, -0.25) is 9.13 Å². The molecule has 0 unspecified atom stereocenters. The summed E-state index contributed by atoms with van der Waals surface area (Å²) in [7, 11) is 0. The first-order chi connectivity index (χ1) is 15.2. The summed E-state index contributed by atoms with van der Waals surface area (Å²) in [5, 5.41) is 0. The minimum absolute atomic E-state index is 0.0373. The first kappa shape index (κ1) is 18.1. The average Bonchev–Trinajstić information content (AvgIpc) is 3.33. The number of hydrogen-bond acceptors (Lipinski definition) is 6. The molecule has 1 N–H and O–H groups in total. The molecule has 0 saturated carbocycles. The number of aromatic nitrogens is 6. The van der Waals surface area contributed by atoms with Gasteiger partial charge in [-0.15, -0.1) is 0 Å². The van der Waals surface area contributed by atoms with Crippen LogP contribution in [0.15, 0.2) is 29.3 Å². The molecule has 2 aliphatic rings. The molecule has 0 atom stereocenters. The molecular weight excluding hydrogens is 396 g/mol. The number of fused-ring (bicyclic) bond motifs is 2. The maximum Gasteiger partial charge on any atom is 0.328 e. The molecule has 10 nitrogen and oxygen atoms in total. The molecule has 0 aliphatic carbocycles. The molecule has 3 aromatic heterocycles. The summed E-state index contributed by atoms with van der Waals surface area (Å²) in [6.07, 6.45) is 4.30. The summed E-state index contributed by atoms with van der Waals surface area (Å²) in [6, 6.07) is 5.39. The van der Waals surface area contributed by atoms with Crippen LogP contribution >= 0.6 is 0 Å². The molecule has 5 heterocycles. The molecule has 10 heteroatoms. The fraction of sp³-hybridized carbons (Fsp3) is 0.381. The summed E-state index contributed by atoms with van der Waals surface area (Å²) in [5.41, 5.74) is 3.16. The zero-order valence-electron chi connectivity index (χ0n) is 16.8. The van der Waals surface area contributed by atoms with Crippen LogP contribution in [0.25, 0.3) is 33.0 Å². The summed E-state index contributed by atoms with van der Waals surface area (Å²) in [6.45, 7) is 10.4. The lowest BCUT2D eigenvalue weighted by Gasteiger charge is -2.32. The van der Waals surface area contributed by atoms with Gasteiger partial charge in [-0.05, 0) is 31.4 Å². The molecule has 2 fully saturated rings. The molecule has 4 aromatic rings. The van der Waals surface area contributed by atoms with E-state index >= 15 is 0 Å². The number of aromatic amines is 1. The van der Waals surface area contributed by atoms with E-state index in [2.05, 4.69) is 19.7 Å². The van der Waals surface area contributed by atoms with Gasteiger partial charge in [-0.25, -0.2) is 14.6 Å². The number of nitrogens with one attached hydrogen (secondary N) is 1. The molecule has 0 amide bonds. The third-order valence-electron chi connectivity index (χ3n) is 6.12. The van der Waals surface area contributed by atoms with Crippen molar-refractivity contribution in [2.24, 2.45) is 0 Å². The number of rotatable bonds is 3. The molecule has 1 aromatic carbocycles. The zero-order valence-corrected chi connectivity index (χ0v) is 16.8. The third-order valence-corrected chi connectivity index (χ3v) is 6.12. The Hall–Kier alpha value is -3.71. The van der Waals surface area contributed by atoms with Crippen molar-refractivity contribution in [1.82, 2.24) is 29.1 Å². The highest BCUT2D eigenvalue weighted by molar-refractivity contribution is 5.86. The number of anilines is 1. The Morgan fingerprint density at radius 2 is 2.03 bits per heavy atom. The SMILES string of the molecule is [C-]#[N+]c1ccc2ncn(-c3nc(N4CCC4)c4[nH]c(=O)n(C5CCOCC5)c4n3)c2c1. The number of benzene rings is 1. The van der Waals surface area contributed by atoms with Crippen LogP contribution in [0.5, 0.6) is 0 Å². The van der Waals surface area contributed by atoms with Crippen LogP contribution in [-0.4, -0.2) is 55.4 Å². The maximum absolute atomic E-state index is 12.9. The van der Waals surface area contributed by atoms with Crippen LogP contribution in [0.4, 0.5) is 11.5 Å². The van der Waals surface area contributed by atoms with Gasteiger partial charge in [-0.1, -0.05) is 6.07 Å². The molecule has 0 spiro atoms. The van der Waals surface area contributed by atoms with Crippen LogP contribution in [0.3, 0.4) is 0 Å². The van der Waals surface area contributed by atoms with Crippen molar-refractivity contribution in [2.45, 2.75) is 25.3 Å². The average molecular weight is 416 g/mol. The highest BCUT2D eigenvalue weighted by Gasteiger charge is 2.27. The molecule has 156 valence electrons. The first-order valence-corrected chi connectivity index (χ1v) is 10.4. The van der Waals surface area contributed by atoms with Crippen molar-refractivity contribution in [2.75, 3.05) is 31.2 Å². The summed E-state index contributed by atoms with van der Waals surface area (Å²) in [5.74, 6) is 1.18. The van der Waals surface area contributed by atoms with Crippen molar-refractivity contribution >= 4 is 33.7 Å². The molecule has 31 heavy (non-hydrogen) atoms. The monoisotopic (exact) mass is 416 g/mol. The fourth-order valence-corrected chi connectivity index (χ4v) is 4.35. The topological polar surface area (TPSA) is 98.2 Å². The smallest absolute Gasteiger partial charge is 0.328 e. The van der Waals surface area contributed by atoms with Crippen LogP contribution < -0.4 is 10.6 Å². The zero-order chi connectivity index (χ0) is 20.9. The Kier molecular flexibility index (Phi) is 4.04. The quantitative estimate of drug-likeness (QED) is 0.516. The van der Waals surface area contributed by atoms with Crippen molar-refractivity contribution < 1.29 is 4.74 Å². The van der Waals surface area contributed by atoms with Gasteiger partial charge in [0, 0.05) is 32.3 Å². The van der Waals surface area contributed by atoms with Crippen molar-refractivity contribution in [3.63, 3.8) is 0 Å². The van der Waals surface area contributed by atoms with E-state index in [4.69, 9.17) is 21.3 Å². The number of nitrogens with zero attached hydrogens (tertiary/aromatic N) is 7. The van der Waals surface area contributed by atoms with E-state index in [-0.39, 0.29) is 11.7 Å². The number of H-pyrrole nitrogens is 1. The van der Waals surface area contributed by atoms with Gasteiger partial charge in [-0.2, -0.15) is 9.97 Å². The Labute approximate surface area is 176 Å². The molecule has 0 bridgehead atoms. The van der Waals surface area contributed by atoms with Crippen molar-refractivity contribution in [3.05, 3.63) is 46.4 Å². The standard InChI is InChI=1S/C21H20N8O2/c1-22-13-3-4-15-16(11-13)28(12-23-15)20-25-18(27-7-2-8-27)17-19(26-20)29(21(30)24-17)14-5-9-31-10-6-14/h3-4,11-12,14H,2,5-10H2,(H,24,30). The minimum atomic E-state index is -0.166. The third kappa shape index (κ3) is 2.81. The normalized spacial score (nSPS) is 17.2. The second-order valence-corrected chi connectivity index (χ2v) is 7.93. The lowest BCUT2D eigenvalue weighted by molar-refractivity contribution is 0.0697. The highest BCUT2D eigenvalue weighted by Crippen LogP contribution is 2.31. The van der Waals surface area contributed by atoms with Crippen LogP contribution in [0.1, 0.15) is 25.3 Å². The summed E-state index contributed by atoms with van der Waals surface area (Å²) < 4.78 is 9.04.